The molecule has 7 nitrogen and oxygen atoms in total. The average molecular weight is 392 g/mol. The van der Waals surface area contributed by atoms with Gasteiger partial charge in [0.2, 0.25) is 0 Å². The summed E-state index contributed by atoms with van der Waals surface area (Å²) >= 11 is 0. The Morgan fingerprint density at radius 1 is 1.26 bits per heavy atom. The summed E-state index contributed by atoms with van der Waals surface area (Å²) in [7, 11) is 0. The number of fused-ring (bicyclic) bond motifs is 1. The summed E-state index contributed by atoms with van der Waals surface area (Å²) in [5.41, 5.74) is 5.86. The number of aliphatic carboxylic acids is 1. The van der Waals surface area contributed by atoms with E-state index in [4.69, 9.17) is 15.6 Å². The fourth-order valence-electron chi connectivity index (χ4n) is 2.33. The zero-order valence-electron chi connectivity index (χ0n) is 14.8. The van der Waals surface area contributed by atoms with Gasteiger partial charge in [0.1, 0.15) is 17.3 Å². The lowest BCUT2D eigenvalue weighted by Gasteiger charge is -2.14. The molecule has 27 heavy (non-hydrogen) atoms. The molecule has 1 aromatic carbocycles. The molecule has 0 bridgehead atoms. The van der Waals surface area contributed by atoms with Gasteiger partial charge in [0.15, 0.2) is 0 Å². The SMILES string of the molecule is CC[NH+](CC)CCn1cc2cc(F)cc(C(N)=O)c2n1.O=C([O-])C(F)(F)F. The smallest absolute Gasteiger partial charge is 0.430 e. The number of primary amides is 1. The van der Waals surface area contributed by atoms with E-state index in [1.807, 2.05) is 0 Å². The number of alkyl halides is 3. The number of carboxylic acids is 1. The average Bonchev–Trinajstić information content (AvgIpc) is 2.97. The van der Waals surface area contributed by atoms with Gasteiger partial charge in [-0.2, -0.15) is 18.3 Å². The van der Waals surface area contributed by atoms with Crippen LogP contribution >= 0.6 is 0 Å². The normalized spacial score (nSPS) is 11.4. The number of benzene rings is 1. The number of amides is 1. The Morgan fingerprint density at radius 2 is 1.81 bits per heavy atom. The third-order valence-electron chi connectivity index (χ3n) is 3.81. The number of rotatable bonds is 6. The lowest BCUT2D eigenvalue weighted by molar-refractivity contribution is -0.897. The first-order valence-corrected chi connectivity index (χ1v) is 8.07. The van der Waals surface area contributed by atoms with E-state index in [1.165, 1.54) is 11.0 Å². The van der Waals surface area contributed by atoms with Crippen LogP contribution in [0.1, 0.15) is 24.2 Å². The van der Waals surface area contributed by atoms with Crippen molar-refractivity contribution in [1.82, 2.24) is 9.78 Å². The van der Waals surface area contributed by atoms with Crippen LogP contribution < -0.4 is 15.7 Å². The first-order valence-electron chi connectivity index (χ1n) is 8.07. The predicted octanol–water partition coefficient (Wildman–Crippen LogP) is -0.502. The second kappa shape index (κ2) is 9.31. The molecule has 0 saturated heterocycles. The molecule has 0 aliphatic carbocycles. The maximum atomic E-state index is 13.4. The Labute approximate surface area is 152 Å². The molecule has 2 rings (SSSR count). The van der Waals surface area contributed by atoms with Crippen LogP contribution in [0.3, 0.4) is 0 Å². The molecule has 150 valence electrons. The second-order valence-corrected chi connectivity index (χ2v) is 5.64. The van der Waals surface area contributed by atoms with Crippen LogP contribution in [0, 0.1) is 5.82 Å². The molecule has 0 spiro atoms. The molecular formula is C16H20F4N4O3. The number of carboxylic acid groups (broad SMARTS) is 1. The van der Waals surface area contributed by atoms with Crippen molar-refractivity contribution in [2.45, 2.75) is 26.6 Å². The van der Waals surface area contributed by atoms with Gasteiger partial charge < -0.3 is 20.5 Å². The van der Waals surface area contributed by atoms with E-state index in [2.05, 4.69) is 18.9 Å². The topological polar surface area (TPSA) is 105 Å². The summed E-state index contributed by atoms with van der Waals surface area (Å²) in [6.07, 6.45) is -3.44. The molecule has 0 fully saturated rings. The quantitative estimate of drug-likeness (QED) is 0.647. The Balaban J connectivity index is 0.000000445. The number of hydrogen-bond donors (Lipinski definition) is 2. The van der Waals surface area contributed by atoms with Crippen LogP contribution in [0.4, 0.5) is 17.6 Å². The minimum atomic E-state index is -5.19. The third kappa shape index (κ3) is 6.51. The number of nitrogens with two attached hydrogens (primary N) is 1. The van der Waals surface area contributed by atoms with E-state index in [9.17, 15) is 22.4 Å². The molecule has 3 N–H and O–H groups in total. The monoisotopic (exact) mass is 392 g/mol. The number of likely N-dealkylation sites (N-methyl/N-ethyl adjacent to an activating group) is 1. The highest BCUT2D eigenvalue weighted by Crippen LogP contribution is 2.19. The fourth-order valence-corrected chi connectivity index (χ4v) is 2.33. The number of hydrogen-bond acceptors (Lipinski definition) is 4. The van der Waals surface area contributed by atoms with Gasteiger partial charge in [0.05, 0.1) is 31.7 Å². The van der Waals surface area contributed by atoms with E-state index >= 15 is 0 Å². The molecule has 0 aliphatic rings. The third-order valence-corrected chi connectivity index (χ3v) is 3.81. The summed E-state index contributed by atoms with van der Waals surface area (Å²) < 4.78 is 46.7. The number of halogens is 4. The van der Waals surface area contributed by atoms with Crippen molar-refractivity contribution in [3.05, 3.63) is 29.7 Å². The molecule has 0 radical (unpaired) electrons. The number of aromatic nitrogens is 2. The van der Waals surface area contributed by atoms with Crippen LogP contribution in [-0.4, -0.2) is 47.5 Å². The molecular weight excluding hydrogens is 372 g/mol. The van der Waals surface area contributed by atoms with Crippen molar-refractivity contribution in [2.24, 2.45) is 5.73 Å². The van der Waals surface area contributed by atoms with Gasteiger partial charge in [-0.1, -0.05) is 0 Å². The number of nitrogens with one attached hydrogen (secondary N) is 1. The minimum Gasteiger partial charge on any atom is -0.542 e. The maximum Gasteiger partial charge on any atom is 0.430 e. The van der Waals surface area contributed by atoms with Gasteiger partial charge in [0, 0.05) is 11.6 Å². The van der Waals surface area contributed by atoms with Gasteiger partial charge in [-0.05, 0) is 26.0 Å². The molecule has 1 heterocycles. The number of quaternary nitrogens is 1. The fraction of sp³-hybridized carbons (Fsp3) is 0.438. The first kappa shape index (κ1) is 22.4. The number of carbonyl (C=O) groups is 2. The van der Waals surface area contributed by atoms with E-state index in [0.717, 1.165) is 32.2 Å². The van der Waals surface area contributed by atoms with Gasteiger partial charge >= 0.3 is 6.18 Å². The minimum absolute atomic E-state index is 0.133. The van der Waals surface area contributed by atoms with E-state index < -0.39 is 23.9 Å². The largest absolute Gasteiger partial charge is 0.542 e. The van der Waals surface area contributed by atoms with E-state index in [-0.39, 0.29) is 5.56 Å². The summed E-state index contributed by atoms with van der Waals surface area (Å²) in [5, 5.41) is 13.7. The van der Waals surface area contributed by atoms with Crippen LogP contribution in [0.25, 0.3) is 10.9 Å². The standard InChI is InChI=1S/C14H19FN4O.C2HF3O2/c1-3-18(4-2)5-6-19-9-10-7-11(15)8-12(14(16)20)13(10)17-19;3-2(4,5)1(6)7/h7-9H,3-6H2,1-2H3,(H2,16,20);(H,6,7). The molecule has 0 atom stereocenters. The lowest BCUT2D eigenvalue weighted by atomic mass is 10.1. The summed E-state index contributed by atoms with van der Waals surface area (Å²) in [5.74, 6) is -4.14. The predicted molar refractivity (Wildman–Crippen MR) is 86.2 cm³/mol. The number of nitrogens with zero attached hydrogens (tertiary/aromatic N) is 2. The van der Waals surface area contributed by atoms with Gasteiger partial charge in [-0.25, -0.2) is 4.39 Å². The van der Waals surface area contributed by atoms with Crippen LogP contribution in [0.2, 0.25) is 0 Å². The highest BCUT2D eigenvalue weighted by molar-refractivity contribution is 6.04. The van der Waals surface area contributed by atoms with E-state index in [1.54, 1.807) is 10.9 Å². The highest BCUT2D eigenvalue weighted by atomic mass is 19.4. The zero-order valence-corrected chi connectivity index (χ0v) is 14.8. The molecule has 1 aromatic heterocycles. The first-order chi connectivity index (χ1) is 12.5. The van der Waals surface area contributed by atoms with Crippen LogP contribution in [0.5, 0.6) is 0 Å². The maximum absolute atomic E-state index is 13.4. The molecule has 0 unspecified atom stereocenters. The summed E-state index contributed by atoms with van der Waals surface area (Å²) in [6.45, 7) is 8.05. The molecule has 1 amide bonds. The van der Waals surface area contributed by atoms with Crippen LogP contribution in [0.15, 0.2) is 18.3 Å². The van der Waals surface area contributed by atoms with Gasteiger partial charge in [-0.15, -0.1) is 0 Å². The summed E-state index contributed by atoms with van der Waals surface area (Å²) in [6, 6.07) is 2.51. The van der Waals surface area contributed by atoms with Crippen molar-refractivity contribution >= 4 is 22.8 Å². The van der Waals surface area contributed by atoms with Gasteiger partial charge in [-0.3, -0.25) is 9.48 Å². The van der Waals surface area contributed by atoms with Crippen molar-refractivity contribution in [3.8, 4) is 0 Å². The summed E-state index contributed by atoms with van der Waals surface area (Å²) in [4.78, 5) is 21.6. The van der Waals surface area contributed by atoms with Crippen molar-refractivity contribution in [3.63, 3.8) is 0 Å². The number of carbonyl (C=O) groups excluding carboxylic acids is 2. The lowest BCUT2D eigenvalue weighted by Crippen LogP contribution is -3.11. The molecule has 11 heteroatoms. The van der Waals surface area contributed by atoms with Crippen molar-refractivity contribution in [2.75, 3.05) is 19.6 Å². The zero-order chi connectivity index (χ0) is 20.8. The van der Waals surface area contributed by atoms with Crippen molar-refractivity contribution in [1.29, 1.82) is 0 Å². The van der Waals surface area contributed by atoms with Gasteiger partial charge in [0.25, 0.3) is 5.91 Å². The molecule has 0 saturated carbocycles. The van der Waals surface area contributed by atoms with Crippen molar-refractivity contribution < 1.29 is 37.2 Å². The molecule has 2 aromatic rings. The Hall–Kier alpha value is -2.69. The Bertz CT molecular complexity index is 801. The Morgan fingerprint density at radius 3 is 2.26 bits per heavy atom. The Kier molecular flexibility index (Phi) is 7.70. The van der Waals surface area contributed by atoms with E-state index in [0.29, 0.717) is 10.9 Å². The second-order valence-electron chi connectivity index (χ2n) is 5.64. The highest BCUT2D eigenvalue weighted by Gasteiger charge is 2.28. The van der Waals surface area contributed by atoms with Crippen LogP contribution in [-0.2, 0) is 11.3 Å². The molecule has 0 aliphatic heterocycles.